The second kappa shape index (κ2) is 8.05. The van der Waals surface area contributed by atoms with E-state index in [9.17, 15) is 4.79 Å². The van der Waals surface area contributed by atoms with Crippen LogP contribution < -0.4 is 19.8 Å². The zero-order chi connectivity index (χ0) is 19.4. The molecule has 0 atom stereocenters. The maximum absolute atomic E-state index is 12.6. The van der Waals surface area contributed by atoms with Crippen molar-refractivity contribution in [3.8, 4) is 28.6 Å². The highest BCUT2D eigenvalue weighted by Gasteiger charge is 2.16. The van der Waals surface area contributed by atoms with Crippen LogP contribution >= 0.6 is 0 Å². The first-order chi connectivity index (χ1) is 13.1. The molecule has 0 aliphatic carbocycles. The van der Waals surface area contributed by atoms with E-state index in [1.165, 1.54) is 0 Å². The lowest BCUT2D eigenvalue weighted by Crippen LogP contribution is -2.13. The van der Waals surface area contributed by atoms with Crippen molar-refractivity contribution in [2.45, 2.75) is 6.92 Å². The molecule has 0 saturated carbocycles. The molecule has 2 aromatic heterocycles. The molecular formula is C19H21N3O5. The minimum Gasteiger partial charge on any atom is -0.493 e. The maximum atomic E-state index is 12.6. The molecule has 0 spiro atoms. The van der Waals surface area contributed by atoms with Crippen LogP contribution in [-0.4, -0.2) is 49.5 Å². The van der Waals surface area contributed by atoms with Crippen molar-refractivity contribution < 1.29 is 18.9 Å². The average molecular weight is 371 g/mol. The molecule has 0 aliphatic rings. The average Bonchev–Trinajstić information content (AvgIpc) is 2.66. The van der Waals surface area contributed by atoms with Gasteiger partial charge in [0.2, 0.25) is 5.88 Å². The van der Waals surface area contributed by atoms with Crippen molar-refractivity contribution in [2.24, 2.45) is 0 Å². The lowest BCUT2D eigenvalue weighted by Gasteiger charge is -2.12. The summed E-state index contributed by atoms with van der Waals surface area (Å²) >= 11 is 0. The summed E-state index contributed by atoms with van der Waals surface area (Å²) in [7, 11) is 4.71. The summed E-state index contributed by atoms with van der Waals surface area (Å²) in [4.78, 5) is 24.3. The summed E-state index contributed by atoms with van der Waals surface area (Å²) in [6.07, 6.45) is 0. The van der Waals surface area contributed by atoms with E-state index in [4.69, 9.17) is 18.9 Å². The number of nitrogens with one attached hydrogen (secondary N) is 1. The number of fused-ring (bicyclic) bond motifs is 1. The Bertz CT molecular complexity index is 1020. The van der Waals surface area contributed by atoms with E-state index in [0.717, 1.165) is 0 Å². The number of aromatic nitrogens is 3. The number of aryl methyl sites for hydroxylation is 1. The smallest absolute Gasteiger partial charge is 0.260 e. The molecule has 2 heterocycles. The molecule has 0 aliphatic heterocycles. The topological polar surface area (TPSA) is 95.6 Å². The van der Waals surface area contributed by atoms with Crippen molar-refractivity contribution in [1.29, 1.82) is 0 Å². The number of nitrogens with zero attached hydrogens (tertiary/aromatic N) is 2. The summed E-state index contributed by atoms with van der Waals surface area (Å²) in [5.74, 6) is 2.00. The lowest BCUT2D eigenvalue weighted by atomic mass is 10.1. The van der Waals surface area contributed by atoms with Crippen molar-refractivity contribution in [3.05, 3.63) is 40.4 Å². The number of pyridine rings is 1. The summed E-state index contributed by atoms with van der Waals surface area (Å²) in [6, 6.07) is 6.98. The van der Waals surface area contributed by atoms with Gasteiger partial charge in [-0.25, -0.2) is 9.97 Å². The summed E-state index contributed by atoms with van der Waals surface area (Å²) < 4.78 is 21.3. The van der Waals surface area contributed by atoms with E-state index < -0.39 is 0 Å². The van der Waals surface area contributed by atoms with Gasteiger partial charge in [0.15, 0.2) is 11.5 Å². The normalized spacial score (nSPS) is 10.8. The van der Waals surface area contributed by atoms with Crippen LogP contribution in [0.15, 0.2) is 29.1 Å². The Morgan fingerprint density at radius 2 is 1.78 bits per heavy atom. The van der Waals surface area contributed by atoms with Crippen LogP contribution in [0.25, 0.3) is 22.2 Å². The van der Waals surface area contributed by atoms with E-state index in [1.54, 1.807) is 52.5 Å². The minimum absolute atomic E-state index is 0.266. The van der Waals surface area contributed by atoms with Crippen molar-refractivity contribution in [1.82, 2.24) is 15.0 Å². The predicted octanol–water partition coefficient (Wildman–Crippen LogP) is 2.34. The van der Waals surface area contributed by atoms with E-state index in [-0.39, 0.29) is 5.56 Å². The van der Waals surface area contributed by atoms with Gasteiger partial charge < -0.3 is 23.9 Å². The number of methoxy groups -OCH3 is 3. The Morgan fingerprint density at radius 3 is 2.48 bits per heavy atom. The van der Waals surface area contributed by atoms with Crippen molar-refractivity contribution >= 4 is 10.9 Å². The number of H-pyrrole nitrogens is 1. The van der Waals surface area contributed by atoms with E-state index in [2.05, 4.69) is 15.0 Å². The molecule has 0 fully saturated rings. The van der Waals surface area contributed by atoms with Gasteiger partial charge in [-0.2, -0.15) is 0 Å². The molecule has 8 nitrogen and oxygen atoms in total. The van der Waals surface area contributed by atoms with Gasteiger partial charge in [-0.3, -0.25) is 4.79 Å². The standard InChI is InChI=1S/C19H21N3O5/c1-11-20-13-10-16(27-8-7-24-2)22-18(17(13)19(23)21-11)12-5-6-14(25-3)15(9-12)26-4/h5-6,9-10H,7-8H2,1-4H3,(H,20,21,23). The Kier molecular flexibility index (Phi) is 5.56. The van der Waals surface area contributed by atoms with Crippen LogP contribution in [0, 0.1) is 6.92 Å². The molecule has 3 aromatic rings. The second-order valence-corrected chi connectivity index (χ2v) is 5.77. The van der Waals surface area contributed by atoms with Crippen LogP contribution in [0.3, 0.4) is 0 Å². The first-order valence-electron chi connectivity index (χ1n) is 8.33. The molecule has 0 bridgehead atoms. The van der Waals surface area contributed by atoms with Gasteiger partial charge in [0, 0.05) is 18.7 Å². The molecule has 8 heteroatoms. The van der Waals surface area contributed by atoms with Crippen LogP contribution in [0.1, 0.15) is 5.82 Å². The third kappa shape index (κ3) is 3.85. The third-order valence-corrected chi connectivity index (χ3v) is 3.98. The minimum atomic E-state index is -0.266. The molecule has 0 unspecified atom stereocenters. The van der Waals surface area contributed by atoms with Crippen LogP contribution in [0.5, 0.6) is 17.4 Å². The third-order valence-electron chi connectivity index (χ3n) is 3.98. The summed E-state index contributed by atoms with van der Waals surface area (Å²) in [5, 5.41) is 0.381. The number of hydrogen-bond donors (Lipinski definition) is 1. The fourth-order valence-corrected chi connectivity index (χ4v) is 2.75. The van der Waals surface area contributed by atoms with Gasteiger partial charge in [-0.1, -0.05) is 0 Å². The molecule has 3 rings (SSSR count). The largest absolute Gasteiger partial charge is 0.493 e. The molecular weight excluding hydrogens is 350 g/mol. The molecule has 142 valence electrons. The van der Waals surface area contributed by atoms with Crippen molar-refractivity contribution in [2.75, 3.05) is 34.5 Å². The van der Waals surface area contributed by atoms with E-state index in [1.807, 2.05) is 0 Å². The zero-order valence-corrected chi connectivity index (χ0v) is 15.7. The number of aromatic amines is 1. The van der Waals surface area contributed by atoms with Gasteiger partial charge in [-0.15, -0.1) is 0 Å². The molecule has 0 radical (unpaired) electrons. The first-order valence-corrected chi connectivity index (χ1v) is 8.33. The highest BCUT2D eigenvalue weighted by molar-refractivity contribution is 5.92. The molecule has 0 saturated heterocycles. The highest BCUT2D eigenvalue weighted by atomic mass is 16.5. The monoisotopic (exact) mass is 371 g/mol. The molecule has 1 aromatic carbocycles. The van der Waals surface area contributed by atoms with Gasteiger partial charge in [0.05, 0.1) is 37.4 Å². The fourth-order valence-electron chi connectivity index (χ4n) is 2.75. The van der Waals surface area contributed by atoms with Gasteiger partial charge in [-0.05, 0) is 25.1 Å². The van der Waals surface area contributed by atoms with E-state index >= 15 is 0 Å². The number of ether oxygens (including phenoxy) is 4. The summed E-state index contributed by atoms with van der Waals surface area (Å²) in [5.41, 5.74) is 1.38. The first kappa shape index (κ1) is 18.7. The van der Waals surface area contributed by atoms with Crippen LogP contribution in [0.2, 0.25) is 0 Å². The SMILES string of the molecule is COCCOc1cc2nc(C)[nH]c(=O)c2c(-c2ccc(OC)c(OC)c2)n1. The zero-order valence-electron chi connectivity index (χ0n) is 15.7. The number of benzene rings is 1. The quantitative estimate of drug-likeness (QED) is 0.637. The Labute approximate surface area is 156 Å². The Hall–Kier alpha value is -3.13. The predicted molar refractivity (Wildman–Crippen MR) is 101 cm³/mol. The van der Waals surface area contributed by atoms with E-state index in [0.29, 0.717) is 58.6 Å². The second-order valence-electron chi connectivity index (χ2n) is 5.77. The highest BCUT2D eigenvalue weighted by Crippen LogP contribution is 2.34. The van der Waals surface area contributed by atoms with Crippen LogP contribution in [0.4, 0.5) is 0 Å². The Morgan fingerprint density at radius 1 is 1.00 bits per heavy atom. The molecule has 0 amide bonds. The van der Waals surface area contributed by atoms with Gasteiger partial charge >= 0.3 is 0 Å². The van der Waals surface area contributed by atoms with Crippen LogP contribution in [-0.2, 0) is 4.74 Å². The molecule has 1 N–H and O–H groups in total. The van der Waals surface area contributed by atoms with Crippen molar-refractivity contribution in [3.63, 3.8) is 0 Å². The number of rotatable bonds is 7. The molecule has 27 heavy (non-hydrogen) atoms. The Balaban J connectivity index is 2.21. The lowest BCUT2D eigenvalue weighted by molar-refractivity contribution is 0.144. The van der Waals surface area contributed by atoms with Gasteiger partial charge in [0.25, 0.3) is 5.56 Å². The number of hydrogen-bond acceptors (Lipinski definition) is 7. The fraction of sp³-hybridized carbons (Fsp3) is 0.316. The maximum Gasteiger partial charge on any atom is 0.260 e. The van der Waals surface area contributed by atoms with Gasteiger partial charge in [0.1, 0.15) is 12.4 Å². The summed E-state index contributed by atoms with van der Waals surface area (Å²) in [6.45, 7) is 2.48.